The average Bonchev–Trinajstić information content (AvgIpc) is 2.81. The molecule has 0 aliphatic carbocycles. The number of hydrogen-bond acceptors (Lipinski definition) is 3. The first-order valence-electron chi connectivity index (χ1n) is 4.99. The molecule has 0 spiro atoms. The van der Waals surface area contributed by atoms with Gasteiger partial charge in [0.1, 0.15) is 5.82 Å². The Morgan fingerprint density at radius 1 is 1.50 bits per heavy atom. The number of hydrogen-bond donors (Lipinski definition) is 1. The highest BCUT2D eigenvalue weighted by atomic mass is 35.5. The lowest BCUT2D eigenvalue weighted by Crippen LogP contribution is -2.07. The number of nitrogens with one attached hydrogen (secondary N) is 1. The van der Waals surface area contributed by atoms with Crippen LogP contribution in [0.2, 0.25) is 5.02 Å². The van der Waals surface area contributed by atoms with Crippen molar-refractivity contribution in [3.63, 3.8) is 0 Å². The summed E-state index contributed by atoms with van der Waals surface area (Å²) in [5.74, 6) is -0.856. The summed E-state index contributed by atoms with van der Waals surface area (Å²) in [6.45, 7) is 0. The van der Waals surface area contributed by atoms with Crippen molar-refractivity contribution in [3.8, 4) is 0 Å². The van der Waals surface area contributed by atoms with E-state index in [1.165, 1.54) is 35.6 Å². The number of carbonyl (C=O) groups excluding carboxylic acids is 1. The lowest BCUT2D eigenvalue weighted by molar-refractivity contribution is -0.111. The lowest BCUT2D eigenvalue weighted by atomic mass is 10.2. The molecule has 0 aliphatic heterocycles. The second-order valence-corrected chi connectivity index (χ2v) is 4.60. The van der Waals surface area contributed by atoms with Gasteiger partial charge in [0.15, 0.2) is 5.13 Å². The van der Waals surface area contributed by atoms with Crippen LogP contribution in [-0.2, 0) is 4.79 Å². The standard InChI is InChI=1S/C12H8ClFN2OS/c13-9-2-1-3-10(14)8(9)4-5-11(17)16-12-15-6-7-18-12/h1-7H,(H,15,16,17). The van der Waals surface area contributed by atoms with Crippen molar-refractivity contribution in [2.75, 3.05) is 5.32 Å². The van der Waals surface area contributed by atoms with Crippen LogP contribution in [-0.4, -0.2) is 10.9 Å². The fourth-order valence-corrected chi connectivity index (χ4v) is 2.02. The van der Waals surface area contributed by atoms with Gasteiger partial charge in [-0.3, -0.25) is 10.1 Å². The molecule has 2 rings (SSSR count). The van der Waals surface area contributed by atoms with Gasteiger partial charge in [-0.25, -0.2) is 9.37 Å². The van der Waals surface area contributed by atoms with Crippen LogP contribution in [0, 0.1) is 5.82 Å². The largest absolute Gasteiger partial charge is 0.298 e. The van der Waals surface area contributed by atoms with Gasteiger partial charge >= 0.3 is 0 Å². The molecular weight excluding hydrogens is 275 g/mol. The van der Waals surface area contributed by atoms with Crippen LogP contribution in [0.1, 0.15) is 5.56 Å². The van der Waals surface area contributed by atoms with E-state index >= 15 is 0 Å². The highest BCUT2D eigenvalue weighted by Gasteiger charge is 2.04. The van der Waals surface area contributed by atoms with Crippen molar-refractivity contribution in [1.82, 2.24) is 4.98 Å². The fraction of sp³-hybridized carbons (Fsp3) is 0. The van der Waals surface area contributed by atoms with Crippen LogP contribution in [0.15, 0.2) is 35.9 Å². The molecule has 2 aromatic rings. The Morgan fingerprint density at radius 3 is 3.00 bits per heavy atom. The summed E-state index contributed by atoms with van der Waals surface area (Å²) < 4.78 is 13.4. The van der Waals surface area contributed by atoms with E-state index in [0.29, 0.717) is 5.13 Å². The summed E-state index contributed by atoms with van der Waals surface area (Å²) in [6, 6.07) is 4.35. The van der Waals surface area contributed by atoms with Gasteiger partial charge < -0.3 is 0 Å². The summed E-state index contributed by atoms with van der Waals surface area (Å²) in [6.07, 6.45) is 4.13. The second-order valence-electron chi connectivity index (χ2n) is 3.30. The summed E-state index contributed by atoms with van der Waals surface area (Å²) >= 11 is 7.12. The van der Waals surface area contributed by atoms with Gasteiger partial charge in [-0.05, 0) is 18.2 Å². The number of halogens is 2. The topological polar surface area (TPSA) is 42.0 Å². The molecule has 1 aromatic heterocycles. The van der Waals surface area contributed by atoms with Crippen molar-refractivity contribution in [1.29, 1.82) is 0 Å². The first kappa shape index (κ1) is 12.7. The molecule has 0 atom stereocenters. The molecule has 1 N–H and O–H groups in total. The highest BCUT2D eigenvalue weighted by molar-refractivity contribution is 7.13. The maximum atomic E-state index is 13.4. The number of anilines is 1. The van der Waals surface area contributed by atoms with Crippen LogP contribution in [0.25, 0.3) is 6.08 Å². The van der Waals surface area contributed by atoms with Gasteiger partial charge in [0.05, 0.1) is 5.02 Å². The number of aromatic nitrogens is 1. The van der Waals surface area contributed by atoms with E-state index in [-0.39, 0.29) is 16.5 Å². The monoisotopic (exact) mass is 282 g/mol. The molecular formula is C12H8ClFN2OS. The quantitative estimate of drug-likeness (QED) is 0.874. The Labute approximate surface area is 112 Å². The van der Waals surface area contributed by atoms with E-state index < -0.39 is 5.82 Å². The van der Waals surface area contributed by atoms with Gasteiger partial charge in [-0.15, -0.1) is 11.3 Å². The minimum atomic E-state index is -0.471. The van der Waals surface area contributed by atoms with Crippen molar-refractivity contribution < 1.29 is 9.18 Å². The average molecular weight is 283 g/mol. The van der Waals surface area contributed by atoms with Crippen molar-refractivity contribution in [3.05, 3.63) is 52.3 Å². The van der Waals surface area contributed by atoms with Crippen molar-refractivity contribution >= 4 is 40.1 Å². The van der Waals surface area contributed by atoms with Crippen molar-refractivity contribution in [2.24, 2.45) is 0 Å². The predicted molar refractivity (Wildman–Crippen MR) is 71.2 cm³/mol. The number of benzene rings is 1. The summed E-state index contributed by atoms with van der Waals surface area (Å²) in [5, 5.41) is 5.04. The first-order valence-corrected chi connectivity index (χ1v) is 6.25. The van der Waals surface area contributed by atoms with Crippen LogP contribution in [0.5, 0.6) is 0 Å². The Bertz CT molecular complexity index is 564. The molecule has 3 nitrogen and oxygen atoms in total. The third kappa shape index (κ3) is 3.15. The molecule has 0 unspecified atom stereocenters. The summed E-state index contributed by atoms with van der Waals surface area (Å²) in [7, 11) is 0. The zero-order valence-corrected chi connectivity index (χ0v) is 10.6. The van der Waals surface area contributed by atoms with E-state index in [9.17, 15) is 9.18 Å². The molecule has 0 bridgehead atoms. The Balaban J connectivity index is 2.09. The van der Waals surface area contributed by atoms with Crippen LogP contribution < -0.4 is 5.32 Å². The van der Waals surface area contributed by atoms with Crippen LogP contribution >= 0.6 is 22.9 Å². The second kappa shape index (κ2) is 5.75. The molecule has 1 amide bonds. The summed E-state index contributed by atoms with van der Waals surface area (Å²) in [4.78, 5) is 15.4. The molecule has 18 heavy (non-hydrogen) atoms. The molecule has 0 radical (unpaired) electrons. The number of carbonyl (C=O) groups is 1. The maximum Gasteiger partial charge on any atom is 0.250 e. The Kier molecular flexibility index (Phi) is 4.07. The molecule has 0 saturated carbocycles. The molecule has 6 heteroatoms. The Hall–Kier alpha value is -1.72. The van der Waals surface area contributed by atoms with Gasteiger partial charge in [-0.2, -0.15) is 0 Å². The van der Waals surface area contributed by atoms with Gasteiger partial charge in [0.2, 0.25) is 5.91 Å². The minimum absolute atomic E-state index is 0.188. The van der Waals surface area contributed by atoms with E-state index in [1.807, 2.05) is 0 Å². The third-order valence-corrected chi connectivity index (χ3v) is 3.08. The Morgan fingerprint density at radius 2 is 2.33 bits per heavy atom. The normalized spacial score (nSPS) is 10.8. The zero-order chi connectivity index (χ0) is 13.0. The van der Waals surface area contributed by atoms with Gasteiger partial charge in [0, 0.05) is 23.2 Å². The minimum Gasteiger partial charge on any atom is -0.298 e. The van der Waals surface area contributed by atoms with E-state index in [0.717, 1.165) is 0 Å². The molecule has 92 valence electrons. The van der Waals surface area contributed by atoms with Crippen LogP contribution in [0.3, 0.4) is 0 Å². The SMILES string of the molecule is O=C(C=Cc1c(F)cccc1Cl)Nc1nccs1. The van der Waals surface area contributed by atoms with E-state index in [1.54, 1.807) is 17.6 Å². The van der Waals surface area contributed by atoms with Gasteiger partial charge in [0.25, 0.3) is 0 Å². The predicted octanol–water partition coefficient (Wildman–Crippen LogP) is 3.59. The van der Waals surface area contributed by atoms with Crippen LogP contribution in [0.4, 0.5) is 9.52 Å². The first-order chi connectivity index (χ1) is 8.66. The molecule has 0 aliphatic rings. The number of nitrogens with zero attached hydrogens (tertiary/aromatic N) is 1. The highest BCUT2D eigenvalue weighted by Crippen LogP contribution is 2.20. The zero-order valence-electron chi connectivity index (χ0n) is 9.06. The molecule has 0 fully saturated rings. The van der Waals surface area contributed by atoms with Crippen molar-refractivity contribution in [2.45, 2.75) is 0 Å². The molecule has 1 aromatic carbocycles. The lowest BCUT2D eigenvalue weighted by Gasteiger charge is -1.99. The maximum absolute atomic E-state index is 13.4. The number of amides is 1. The number of rotatable bonds is 3. The smallest absolute Gasteiger partial charge is 0.250 e. The molecule has 1 heterocycles. The molecule has 0 saturated heterocycles. The van der Waals surface area contributed by atoms with Gasteiger partial charge in [-0.1, -0.05) is 17.7 Å². The van der Waals surface area contributed by atoms with E-state index in [4.69, 9.17) is 11.6 Å². The summed E-state index contributed by atoms with van der Waals surface area (Å²) in [5.41, 5.74) is 0.188. The third-order valence-electron chi connectivity index (χ3n) is 2.06. The fourth-order valence-electron chi connectivity index (χ4n) is 1.26. The van der Waals surface area contributed by atoms with E-state index in [2.05, 4.69) is 10.3 Å². The number of thiazole rings is 1.